The van der Waals surface area contributed by atoms with Crippen LogP contribution in [-0.4, -0.2) is 23.2 Å². The first-order valence-electron chi connectivity index (χ1n) is 6.99. The third-order valence-corrected chi connectivity index (χ3v) is 4.05. The highest BCUT2D eigenvalue weighted by Gasteiger charge is 2.23. The summed E-state index contributed by atoms with van der Waals surface area (Å²) < 4.78 is 19.1. The maximum Gasteiger partial charge on any atom is 0.231 e. The largest absolute Gasteiger partial charge is 0.339 e. The van der Waals surface area contributed by atoms with Gasteiger partial charge in [-0.3, -0.25) is 0 Å². The van der Waals surface area contributed by atoms with Crippen molar-refractivity contribution >= 4 is 11.6 Å². The summed E-state index contributed by atoms with van der Waals surface area (Å²) in [7, 11) is 1.89. The Morgan fingerprint density at radius 3 is 2.81 bits per heavy atom. The molecule has 0 fully saturated rings. The highest BCUT2D eigenvalue weighted by molar-refractivity contribution is 6.31. The second kappa shape index (κ2) is 7.00. The number of benzene rings is 1. The molecular formula is C15H19ClFN3O. The van der Waals surface area contributed by atoms with Crippen LogP contribution in [0.25, 0.3) is 0 Å². The molecule has 6 heteroatoms. The summed E-state index contributed by atoms with van der Waals surface area (Å²) in [6.45, 7) is 4.13. The normalized spacial score (nSPS) is 14.1. The zero-order valence-electron chi connectivity index (χ0n) is 12.4. The van der Waals surface area contributed by atoms with Gasteiger partial charge in [-0.1, -0.05) is 29.7 Å². The quantitative estimate of drug-likeness (QED) is 0.886. The van der Waals surface area contributed by atoms with E-state index in [1.807, 2.05) is 7.05 Å². The van der Waals surface area contributed by atoms with Gasteiger partial charge in [0.1, 0.15) is 5.82 Å². The van der Waals surface area contributed by atoms with Crippen molar-refractivity contribution in [2.24, 2.45) is 0 Å². The van der Waals surface area contributed by atoms with Crippen LogP contribution >= 0.6 is 11.6 Å². The fourth-order valence-corrected chi connectivity index (χ4v) is 2.52. The third-order valence-electron chi connectivity index (χ3n) is 3.70. The first-order chi connectivity index (χ1) is 10.1. The molecule has 0 saturated heterocycles. The minimum absolute atomic E-state index is 0.132. The van der Waals surface area contributed by atoms with Gasteiger partial charge in [0.15, 0.2) is 5.82 Å². The molecule has 0 aliphatic rings. The van der Waals surface area contributed by atoms with Crippen LogP contribution in [0, 0.1) is 5.82 Å². The Bertz CT molecular complexity index is 582. The van der Waals surface area contributed by atoms with E-state index in [4.69, 9.17) is 16.1 Å². The molecule has 2 unspecified atom stereocenters. The first kappa shape index (κ1) is 15.9. The average Bonchev–Trinajstić information content (AvgIpc) is 2.92. The molecule has 0 saturated carbocycles. The van der Waals surface area contributed by atoms with E-state index >= 15 is 0 Å². The summed E-state index contributed by atoms with van der Waals surface area (Å²) >= 11 is 6.01. The minimum Gasteiger partial charge on any atom is -0.339 e. The number of hydrogen-bond donors (Lipinski definition) is 1. The number of hydrogen-bond acceptors (Lipinski definition) is 4. The van der Waals surface area contributed by atoms with Gasteiger partial charge in [-0.15, -0.1) is 0 Å². The van der Waals surface area contributed by atoms with E-state index in [0.717, 1.165) is 6.42 Å². The van der Waals surface area contributed by atoms with E-state index in [-0.39, 0.29) is 24.2 Å². The molecule has 4 nitrogen and oxygen atoms in total. The minimum atomic E-state index is -0.357. The molecule has 1 heterocycles. The number of nitrogens with one attached hydrogen (secondary N) is 1. The lowest BCUT2D eigenvalue weighted by molar-refractivity contribution is 0.320. The van der Waals surface area contributed by atoms with E-state index in [9.17, 15) is 4.39 Å². The molecule has 114 valence electrons. The molecule has 0 spiro atoms. The molecule has 21 heavy (non-hydrogen) atoms. The molecular weight excluding hydrogens is 293 g/mol. The molecule has 0 radical (unpaired) electrons. The van der Waals surface area contributed by atoms with Crippen LogP contribution in [-0.2, 0) is 6.42 Å². The van der Waals surface area contributed by atoms with Crippen molar-refractivity contribution in [3.63, 3.8) is 0 Å². The molecule has 1 N–H and O–H groups in total. The molecule has 0 aliphatic carbocycles. The van der Waals surface area contributed by atoms with Crippen molar-refractivity contribution in [2.45, 2.75) is 38.6 Å². The zero-order chi connectivity index (χ0) is 15.4. The van der Waals surface area contributed by atoms with Gasteiger partial charge in [-0.05, 0) is 32.5 Å². The van der Waals surface area contributed by atoms with E-state index in [1.165, 1.54) is 6.07 Å². The maximum absolute atomic E-state index is 13.8. The lowest BCUT2D eigenvalue weighted by atomic mass is 9.98. The number of rotatable bonds is 6. The molecule has 1 aromatic heterocycles. The number of halogens is 2. The van der Waals surface area contributed by atoms with Crippen LogP contribution in [0.15, 0.2) is 22.7 Å². The Morgan fingerprint density at radius 1 is 1.43 bits per heavy atom. The molecule has 2 aromatic rings. The molecule has 1 aromatic carbocycles. The van der Waals surface area contributed by atoms with Gasteiger partial charge >= 0.3 is 0 Å². The van der Waals surface area contributed by atoms with E-state index in [1.54, 1.807) is 12.1 Å². The predicted molar refractivity (Wildman–Crippen MR) is 80.1 cm³/mol. The molecule has 0 amide bonds. The Kier molecular flexibility index (Phi) is 5.31. The summed E-state index contributed by atoms with van der Waals surface area (Å²) in [6, 6.07) is 4.82. The Balaban J connectivity index is 2.20. The molecule has 0 aliphatic heterocycles. The third kappa shape index (κ3) is 3.60. The number of nitrogens with zero attached hydrogens (tertiary/aromatic N) is 2. The second-order valence-corrected chi connectivity index (χ2v) is 5.43. The summed E-state index contributed by atoms with van der Waals surface area (Å²) in [4.78, 5) is 4.38. The molecule has 0 bridgehead atoms. The topological polar surface area (TPSA) is 51.0 Å². The zero-order valence-corrected chi connectivity index (χ0v) is 13.1. The predicted octanol–water partition coefficient (Wildman–Crippen LogP) is 3.55. The Morgan fingerprint density at radius 2 is 2.19 bits per heavy atom. The van der Waals surface area contributed by atoms with Gasteiger partial charge in [0.25, 0.3) is 0 Å². The Labute approximate surface area is 128 Å². The lowest BCUT2D eigenvalue weighted by Crippen LogP contribution is -2.28. The lowest BCUT2D eigenvalue weighted by Gasteiger charge is -2.17. The molecule has 2 rings (SSSR count). The van der Waals surface area contributed by atoms with Gasteiger partial charge in [0, 0.05) is 23.0 Å². The van der Waals surface area contributed by atoms with Gasteiger partial charge in [-0.2, -0.15) is 4.98 Å². The fourth-order valence-electron chi connectivity index (χ4n) is 2.29. The van der Waals surface area contributed by atoms with Crippen LogP contribution in [0.2, 0.25) is 5.02 Å². The van der Waals surface area contributed by atoms with Crippen molar-refractivity contribution in [2.75, 3.05) is 7.05 Å². The van der Waals surface area contributed by atoms with Gasteiger partial charge in [0.2, 0.25) is 5.89 Å². The van der Waals surface area contributed by atoms with Crippen LogP contribution in [0.4, 0.5) is 4.39 Å². The van der Waals surface area contributed by atoms with Crippen LogP contribution in [0.5, 0.6) is 0 Å². The van der Waals surface area contributed by atoms with Crippen LogP contribution in [0.1, 0.15) is 43.5 Å². The second-order valence-electron chi connectivity index (χ2n) is 5.02. The highest BCUT2D eigenvalue weighted by Crippen LogP contribution is 2.24. The smallest absolute Gasteiger partial charge is 0.231 e. The van der Waals surface area contributed by atoms with E-state index in [2.05, 4.69) is 29.3 Å². The average molecular weight is 312 g/mol. The van der Waals surface area contributed by atoms with Crippen molar-refractivity contribution in [1.29, 1.82) is 0 Å². The highest BCUT2D eigenvalue weighted by atomic mass is 35.5. The first-order valence-corrected chi connectivity index (χ1v) is 7.37. The summed E-state index contributed by atoms with van der Waals surface area (Å²) in [5.74, 6) is 0.789. The van der Waals surface area contributed by atoms with Crippen molar-refractivity contribution in [1.82, 2.24) is 15.5 Å². The molecule has 2 atom stereocenters. The van der Waals surface area contributed by atoms with Gasteiger partial charge in [0.05, 0.1) is 5.92 Å². The van der Waals surface area contributed by atoms with Gasteiger partial charge in [-0.25, -0.2) is 4.39 Å². The summed E-state index contributed by atoms with van der Waals surface area (Å²) in [5.41, 5.74) is 0.390. The number of likely N-dealkylation sites (N-methyl/N-ethyl adjacent to an activating group) is 1. The summed E-state index contributed by atoms with van der Waals surface area (Å²) in [5, 5.41) is 7.49. The van der Waals surface area contributed by atoms with Crippen molar-refractivity contribution < 1.29 is 8.91 Å². The SMILES string of the molecule is CCC(c1nc(Cc2c(F)cccc2Cl)no1)C(C)NC. The monoisotopic (exact) mass is 311 g/mol. The van der Waals surface area contributed by atoms with E-state index < -0.39 is 0 Å². The van der Waals surface area contributed by atoms with Crippen molar-refractivity contribution in [3.05, 3.63) is 46.3 Å². The number of aromatic nitrogens is 2. The standard InChI is InChI=1S/C15H19ClFN3O/c1-4-10(9(2)18-3)15-19-14(20-21-15)8-11-12(16)6-5-7-13(11)17/h5-7,9-10,18H,4,8H2,1-3H3. The van der Waals surface area contributed by atoms with Crippen LogP contribution < -0.4 is 5.32 Å². The maximum atomic E-state index is 13.8. The van der Waals surface area contributed by atoms with Crippen LogP contribution in [0.3, 0.4) is 0 Å². The van der Waals surface area contributed by atoms with E-state index in [0.29, 0.717) is 22.3 Å². The van der Waals surface area contributed by atoms with Gasteiger partial charge < -0.3 is 9.84 Å². The summed E-state index contributed by atoms with van der Waals surface area (Å²) in [6.07, 6.45) is 1.10. The Hall–Kier alpha value is -1.46. The van der Waals surface area contributed by atoms with Crippen molar-refractivity contribution in [3.8, 4) is 0 Å². The fraction of sp³-hybridized carbons (Fsp3) is 0.467.